The van der Waals surface area contributed by atoms with E-state index in [1.807, 2.05) is 138 Å². The molecule has 0 amide bonds. The Morgan fingerprint density at radius 1 is 0.452 bits per heavy atom. The summed E-state index contributed by atoms with van der Waals surface area (Å²) in [5.41, 5.74) is 2.43. The van der Waals surface area contributed by atoms with Crippen molar-refractivity contribution in [3.05, 3.63) is 194 Å². The third-order valence-electron chi connectivity index (χ3n) is 15.3. The molecule has 0 saturated carbocycles. The predicted molar refractivity (Wildman–Crippen MR) is 460 cm³/mol. The first kappa shape index (κ1) is 84.2. The average Bonchev–Trinajstić information content (AvgIpc) is 1.61. The van der Waals surface area contributed by atoms with Crippen LogP contribution in [-0.4, -0.2) is 58.1 Å². The zero-order chi connectivity index (χ0) is 70.8. The number of fused-ring (bicyclic) bond motifs is 12. The topological polar surface area (TPSA) is 90.9 Å². The van der Waals surface area contributed by atoms with Crippen LogP contribution in [0, 0.1) is 28.2 Å². The Balaban J connectivity index is 0.000000177. The van der Waals surface area contributed by atoms with Crippen molar-refractivity contribution < 1.29 is 81.0 Å². The summed E-state index contributed by atoms with van der Waals surface area (Å²) in [6.07, 6.45) is 15.2. The maximum atomic E-state index is 11.1. The normalized spacial score (nSPS) is 11.0. The molecule has 0 bridgehead atoms. The van der Waals surface area contributed by atoms with Gasteiger partial charge in [-0.05, 0) is 232 Å². The van der Waals surface area contributed by atoms with Gasteiger partial charge in [-0.25, -0.2) is 14.6 Å². The Morgan fingerprint density at radius 2 is 0.856 bits per heavy atom. The fourth-order valence-electron chi connectivity index (χ4n) is 10.4. The van der Waals surface area contributed by atoms with Crippen molar-refractivity contribution in [2.75, 3.05) is 52.1 Å². The Hall–Kier alpha value is -3.88. The molecule has 25 heteroatoms. The predicted octanol–water partition coefficient (Wildman–Crippen LogP) is 22.9. The molecule has 0 saturated heterocycles. The van der Waals surface area contributed by atoms with Gasteiger partial charge in [0.1, 0.15) is 29.6 Å². The summed E-state index contributed by atoms with van der Waals surface area (Å²) >= 11 is 30.0. The number of ether oxygens (including phenoxy) is 4. The quantitative estimate of drug-likeness (QED) is 0.00341. The van der Waals surface area contributed by atoms with Crippen LogP contribution in [-0.2, 0) is 29.1 Å². The van der Waals surface area contributed by atoms with Crippen molar-refractivity contribution >= 4 is 251 Å². The van der Waals surface area contributed by atoms with E-state index in [1.54, 1.807) is 28.7 Å². The largest absolute Gasteiger partial charge is 1.00 e. The van der Waals surface area contributed by atoms with Gasteiger partial charge in [-0.3, -0.25) is 11.3 Å². The first-order valence-electron chi connectivity index (χ1n) is 33.4. The number of hydrogen-bond donors (Lipinski definition) is 0. The second-order valence-electron chi connectivity index (χ2n) is 23.1. The van der Waals surface area contributed by atoms with Crippen molar-refractivity contribution in [1.29, 1.82) is 0 Å². The van der Waals surface area contributed by atoms with Crippen LogP contribution in [0.4, 0.5) is 0 Å². The Bertz CT molecular complexity index is 4800. The van der Waals surface area contributed by atoms with Crippen molar-refractivity contribution in [3.63, 3.8) is 0 Å². The van der Waals surface area contributed by atoms with Crippen LogP contribution in [0.2, 0.25) is 0 Å². The summed E-state index contributed by atoms with van der Waals surface area (Å²) in [5, 5.41) is 10.6. The number of hydrogen-bond acceptors (Lipinski definition) is 21. The van der Waals surface area contributed by atoms with Crippen LogP contribution in [0.5, 0.6) is 17.2 Å². The summed E-state index contributed by atoms with van der Waals surface area (Å²) < 4.78 is 46.5. The van der Waals surface area contributed by atoms with Crippen LogP contribution in [0.25, 0.3) is 96.1 Å². The maximum Gasteiger partial charge on any atom is 1.00 e. The average molecular weight is 1730 g/mol. The number of carbonyl (C=O) groups excluding carboxylic acids is 1. The van der Waals surface area contributed by atoms with Crippen molar-refractivity contribution in [2.24, 2.45) is 0 Å². The van der Waals surface area contributed by atoms with E-state index in [0.717, 1.165) is 108 Å². The van der Waals surface area contributed by atoms with E-state index < -0.39 is 0 Å². The van der Waals surface area contributed by atoms with Gasteiger partial charge in [0.15, 0.2) is 0 Å². The van der Waals surface area contributed by atoms with E-state index in [-0.39, 0.29) is 49.6 Å². The minimum Gasteiger partial charge on any atom is -0.494 e. The van der Waals surface area contributed by atoms with Crippen LogP contribution in [0.3, 0.4) is 0 Å². The number of aryl methyl sites for hydroxylation is 2. The standard InChI is InChI=1S/C38H42O6S3.C15H20ClIO3.C10H8S3.C8H4S3.C8H2S3.2Li/c1-3-21-43-44-25-12-8-7-10-23-41-31-19-15-29(16-20-31)33-27-35-38(47-33)37-34(45-35)26-32(46-37)28-13-17-30(18-14-28)40-22-9-5-6-11-24-42-36(39)4-2;1-13(12-16)20-19-11-5-3-2-4-10-18-15-8-6-14(17)7-9-15;1-5-3-7-9(11-5)10-8(13-7)4-6(2)12-10;2*1-3-9-7-5(1)11-6-2-4-10-8(6)7;;/h3-4,13-20,26-27H,1-2,5-12,21-25H2;6-9H,1-5,10-12H2;3-4H,1-2H3;1-4H;1-2H;;/q;;;;-2;2*+1. The van der Waals surface area contributed by atoms with Gasteiger partial charge in [-0.2, -0.15) is 26.4 Å². The molecule has 0 aliphatic heterocycles. The third kappa shape index (κ3) is 24.8. The summed E-state index contributed by atoms with van der Waals surface area (Å²) in [7, 11) is 0. The second-order valence-corrected chi connectivity index (χ2v) is 37.1. The molecule has 0 aliphatic rings. The molecule has 534 valence electrons. The number of thiophene rings is 12. The molecule has 12 aromatic heterocycles. The number of rotatable bonds is 33. The minimum absolute atomic E-state index is 0. The molecule has 0 spiro atoms. The van der Waals surface area contributed by atoms with Gasteiger partial charge >= 0.3 is 43.7 Å². The van der Waals surface area contributed by atoms with Crippen molar-refractivity contribution in [1.82, 2.24) is 0 Å². The molecule has 9 nitrogen and oxygen atoms in total. The van der Waals surface area contributed by atoms with Crippen LogP contribution < -0.4 is 51.9 Å². The smallest absolute Gasteiger partial charge is 0.494 e. The molecule has 0 unspecified atom stereocenters. The maximum absolute atomic E-state index is 11.1. The van der Waals surface area contributed by atoms with E-state index in [9.17, 15) is 4.79 Å². The fraction of sp³-hybridized carbons (Fsp3) is 0.278. The van der Waals surface area contributed by atoms with E-state index in [2.05, 4.69) is 175 Å². The second kappa shape index (κ2) is 44.7. The molecule has 15 aromatic rings. The van der Waals surface area contributed by atoms with Gasteiger partial charge in [0, 0.05) is 57.4 Å². The number of esters is 1. The number of halogens is 2. The van der Waals surface area contributed by atoms with E-state index in [4.69, 9.17) is 50.1 Å². The SMILES string of the molecule is C=C(CCl)OOCCCCCCOc1ccc(I)cc1.C=CCOOCCCCCCOc1ccc(-c2cc3sc4cc(-c5ccc(OCCCCCCOC(=O)C=C)cc5)sc4c3s2)cc1.Cc1cc2sc3cc(C)sc3c2s1.[Li+].[Li+].[c-]1cc2sc3c[c-]sc3c2s1.c1cc2sc3ccsc3c2s1. The number of allylic oxidation sites excluding steroid dienone is 1. The first-order chi connectivity index (χ1) is 50.0. The number of unbranched alkanes of at least 4 members (excludes halogenated alkanes) is 9. The summed E-state index contributed by atoms with van der Waals surface area (Å²) in [6, 6.07) is 42.8. The molecule has 0 fully saturated rings. The molecule has 0 radical (unpaired) electrons. The van der Waals surface area contributed by atoms with E-state index >= 15 is 0 Å². The van der Waals surface area contributed by atoms with Gasteiger partial charge in [0.2, 0.25) is 0 Å². The van der Waals surface area contributed by atoms with E-state index in [0.29, 0.717) is 38.8 Å². The molecule has 0 N–H and O–H groups in total. The van der Waals surface area contributed by atoms with Crippen LogP contribution in [0.1, 0.15) is 86.8 Å². The Kier molecular flexibility index (Phi) is 36.2. The van der Waals surface area contributed by atoms with Crippen LogP contribution in [0.15, 0.2) is 170 Å². The molecule has 3 aromatic carbocycles. The van der Waals surface area contributed by atoms with E-state index in [1.165, 1.54) is 115 Å². The van der Waals surface area contributed by atoms with Crippen molar-refractivity contribution in [3.8, 4) is 38.1 Å². The Morgan fingerprint density at radius 3 is 1.31 bits per heavy atom. The molecule has 104 heavy (non-hydrogen) atoms. The summed E-state index contributed by atoms with van der Waals surface area (Å²) in [5.74, 6) is 3.08. The molecule has 12 heterocycles. The first-order valence-corrected chi connectivity index (χ1v) is 44.9. The molecule has 0 aliphatic carbocycles. The van der Waals surface area contributed by atoms with Gasteiger partial charge < -0.3 is 46.5 Å². The number of benzene rings is 3. The van der Waals surface area contributed by atoms with Gasteiger partial charge in [0.25, 0.3) is 0 Å². The van der Waals surface area contributed by atoms with Gasteiger partial charge in [-0.15, -0.1) is 140 Å². The molecule has 15 rings (SSSR count). The van der Waals surface area contributed by atoms with Crippen LogP contribution >= 0.6 is 170 Å². The monoisotopic (exact) mass is 1730 g/mol. The molecule has 0 atom stereocenters. The molecular formula is C79H76ClILi2O9S12. The van der Waals surface area contributed by atoms with Gasteiger partial charge in [-0.1, -0.05) is 32.1 Å². The fourth-order valence-corrected chi connectivity index (χ4v) is 25.4. The zero-order valence-corrected chi connectivity index (χ0v) is 71.2. The summed E-state index contributed by atoms with van der Waals surface area (Å²) in [6.45, 7) is 19.1. The number of alkyl halides is 1. The van der Waals surface area contributed by atoms with Gasteiger partial charge in [0.05, 0.1) is 73.7 Å². The molecular weight excluding hydrogens is 1650 g/mol. The van der Waals surface area contributed by atoms with Crippen molar-refractivity contribution in [2.45, 2.75) is 90.9 Å². The minimum atomic E-state index is -0.357. The summed E-state index contributed by atoms with van der Waals surface area (Å²) in [4.78, 5) is 36.3. The number of carbonyl (C=O) groups is 1. The zero-order valence-electron chi connectivity index (χ0n) is 58.4. The third-order valence-corrected chi connectivity index (χ3v) is 30.4. The Labute approximate surface area is 699 Å².